The van der Waals surface area contributed by atoms with E-state index in [-0.39, 0.29) is 5.91 Å². The highest BCUT2D eigenvalue weighted by molar-refractivity contribution is 7.18. The Balaban J connectivity index is 1.26. The van der Waals surface area contributed by atoms with Crippen molar-refractivity contribution >= 4 is 33.1 Å². The molecule has 0 spiro atoms. The lowest BCUT2D eigenvalue weighted by atomic mass is 9.97. The Morgan fingerprint density at radius 3 is 2.71 bits per heavy atom. The molecule has 0 aliphatic carbocycles. The second-order valence-corrected chi connectivity index (χ2v) is 8.15. The van der Waals surface area contributed by atoms with Crippen molar-refractivity contribution in [2.75, 3.05) is 25.0 Å². The summed E-state index contributed by atoms with van der Waals surface area (Å²) in [6.07, 6.45) is 2.60. The molecule has 0 atom stereocenters. The van der Waals surface area contributed by atoms with Gasteiger partial charge in [-0.05, 0) is 50.2 Å². The fraction of sp³-hybridized carbons (Fsp3) is 0.318. The molecule has 0 saturated carbocycles. The summed E-state index contributed by atoms with van der Waals surface area (Å²) in [6.45, 7) is 2.72. The Morgan fingerprint density at radius 1 is 1.18 bits per heavy atom. The number of hydrogen-bond donors (Lipinski definition) is 1. The van der Waals surface area contributed by atoms with Crippen LogP contribution in [0.2, 0.25) is 0 Å². The molecule has 1 fully saturated rings. The first-order valence-electron chi connectivity index (χ1n) is 9.60. The van der Waals surface area contributed by atoms with E-state index < -0.39 is 0 Å². The zero-order chi connectivity index (χ0) is 19.3. The zero-order valence-corrected chi connectivity index (χ0v) is 16.4. The molecule has 1 N–H and O–H groups in total. The lowest BCUT2D eigenvalue weighted by Gasteiger charge is -2.30. The largest absolute Gasteiger partial charge is 0.325 e. The van der Waals surface area contributed by atoms with E-state index in [4.69, 9.17) is 10.2 Å². The third-order valence-electron chi connectivity index (χ3n) is 5.22. The number of anilines is 1. The Kier molecular flexibility index (Phi) is 5.65. The second-order valence-electron chi connectivity index (χ2n) is 7.09. The maximum atomic E-state index is 12.3. The number of nitrogens with one attached hydrogen (secondary N) is 1. The average Bonchev–Trinajstić information content (AvgIpc) is 3.17. The van der Waals surface area contributed by atoms with Gasteiger partial charge >= 0.3 is 0 Å². The molecule has 142 valence electrons. The number of nitrogens with zero attached hydrogens (tertiary/aromatic N) is 3. The van der Waals surface area contributed by atoms with Crippen molar-refractivity contribution in [3.63, 3.8) is 0 Å². The molecule has 6 heteroatoms. The topological polar surface area (TPSA) is 69.0 Å². The smallest absolute Gasteiger partial charge is 0.225 e. The first-order chi connectivity index (χ1) is 13.7. The van der Waals surface area contributed by atoms with Gasteiger partial charge < -0.3 is 10.2 Å². The van der Waals surface area contributed by atoms with Crippen LogP contribution in [0.4, 0.5) is 5.69 Å². The monoisotopic (exact) mass is 390 g/mol. The number of amides is 1. The van der Waals surface area contributed by atoms with E-state index in [2.05, 4.69) is 34.5 Å². The molecule has 0 bridgehead atoms. The molecule has 0 radical (unpaired) electrons. The van der Waals surface area contributed by atoms with Crippen molar-refractivity contribution in [1.82, 2.24) is 9.88 Å². The summed E-state index contributed by atoms with van der Waals surface area (Å²) in [6, 6.07) is 17.5. The van der Waals surface area contributed by atoms with Gasteiger partial charge in [0, 0.05) is 18.9 Å². The van der Waals surface area contributed by atoms with Gasteiger partial charge in [-0.1, -0.05) is 24.3 Å². The fourth-order valence-electron chi connectivity index (χ4n) is 3.63. The van der Waals surface area contributed by atoms with Crippen LogP contribution in [0.3, 0.4) is 0 Å². The summed E-state index contributed by atoms with van der Waals surface area (Å²) in [5, 5.41) is 13.2. The molecule has 1 saturated heterocycles. The molecule has 0 unspecified atom stereocenters. The van der Waals surface area contributed by atoms with Crippen LogP contribution < -0.4 is 5.32 Å². The van der Waals surface area contributed by atoms with Crippen molar-refractivity contribution in [1.29, 1.82) is 5.26 Å². The number of hydrogen-bond acceptors (Lipinski definition) is 5. The van der Waals surface area contributed by atoms with Crippen LogP contribution in [0.25, 0.3) is 10.2 Å². The van der Waals surface area contributed by atoms with Crippen molar-refractivity contribution in [2.24, 2.45) is 0 Å². The summed E-state index contributed by atoms with van der Waals surface area (Å²) < 4.78 is 1.26. The number of likely N-dealkylation sites (tertiary alicyclic amines) is 1. The highest BCUT2D eigenvalue weighted by atomic mass is 32.1. The summed E-state index contributed by atoms with van der Waals surface area (Å²) in [7, 11) is 0. The van der Waals surface area contributed by atoms with E-state index in [1.165, 1.54) is 9.71 Å². The van der Waals surface area contributed by atoms with Gasteiger partial charge in [0.05, 0.1) is 26.5 Å². The van der Waals surface area contributed by atoms with Crippen LogP contribution in [-0.2, 0) is 4.79 Å². The molecule has 1 amide bonds. The molecular weight excluding hydrogens is 368 g/mol. The Labute approximate surface area is 168 Å². The van der Waals surface area contributed by atoms with E-state index in [9.17, 15) is 4.79 Å². The van der Waals surface area contributed by atoms with Gasteiger partial charge in [0.25, 0.3) is 0 Å². The summed E-state index contributed by atoms with van der Waals surface area (Å²) in [4.78, 5) is 19.4. The Bertz CT molecular complexity index is 982. The van der Waals surface area contributed by atoms with E-state index in [1.807, 2.05) is 23.5 Å². The van der Waals surface area contributed by atoms with Gasteiger partial charge in [-0.15, -0.1) is 11.3 Å². The van der Waals surface area contributed by atoms with Crippen molar-refractivity contribution < 1.29 is 4.79 Å². The van der Waals surface area contributed by atoms with Crippen LogP contribution in [0.15, 0.2) is 48.5 Å². The van der Waals surface area contributed by atoms with Gasteiger partial charge in [0.15, 0.2) is 0 Å². The number of rotatable bonds is 5. The Hall–Kier alpha value is -2.75. The van der Waals surface area contributed by atoms with Gasteiger partial charge in [-0.2, -0.15) is 5.26 Å². The minimum Gasteiger partial charge on any atom is -0.325 e. The minimum atomic E-state index is -0.0454. The number of thiazole rings is 1. The number of para-hydroxylation sites is 2. The quantitative estimate of drug-likeness (QED) is 0.702. The molecule has 2 heterocycles. The van der Waals surface area contributed by atoms with Crippen LogP contribution in [0, 0.1) is 11.3 Å². The highest BCUT2D eigenvalue weighted by Gasteiger charge is 2.23. The van der Waals surface area contributed by atoms with E-state index in [0.29, 0.717) is 23.6 Å². The maximum Gasteiger partial charge on any atom is 0.225 e. The van der Waals surface area contributed by atoms with Crippen LogP contribution in [-0.4, -0.2) is 35.4 Å². The van der Waals surface area contributed by atoms with Crippen LogP contribution >= 0.6 is 11.3 Å². The Morgan fingerprint density at radius 2 is 1.93 bits per heavy atom. The van der Waals surface area contributed by atoms with Crippen molar-refractivity contribution in [3.8, 4) is 6.07 Å². The lowest BCUT2D eigenvalue weighted by Crippen LogP contribution is -2.35. The number of nitriles is 1. The standard InChI is InChI=1S/C22H22N4OS/c23-15-17-5-1-2-6-18(17)24-21(27)11-14-26-12-9-16(10-13-26)22-25-19-7-3-4-8-20(19)28-22/h1-8,16H,9-14H2,(H,24,27). The number of benzene rings is 2. The lowest BCUT2D eigenvalue weighted by molar-refractivity contribution is -0.116. The minimum absolute atomic E-state index is 0.0454. The second kappa shape index (κ2) is 8.51. The zero-order valence-electron chi connectivity index (χ0n) is 15.6. The summed E-state index contributed by atoms with van der Waals surface area (Å²) in [5.74, 6) is 0.473. The molecule has 1 aliphatic rings. The average molecular weight is 391 g/mol. The van der Waals surface area contributed by atoms with Crippen LogP contribution in [0.1, 0.15) is 35.8 Å². The van der Waals surface area contributed by atoms with Crippen LogP contribution in [0.5, 0.6) is 0 Å². The summed E-state index contributed by atoms with van der Waals surface area (Å²) in [5.41, 5.74) is 2.18. The fourth-order valence-corrected chi connectivity index (χ4v) is 4.77. The molecule has 28 heavy (non-hydrogen) atoms. The number of carbonyl (C=O) groups excluding carboxylic acids is 1. The van der Waals surface area contributed by atoms with E-state index in [0.717, 1.165) is 38.0 Å². The van der Waals surface area contributed by atoms with Crippen molar-refractivity contribution in [3.05, 3.63) is 59.1 Å². The third-order valence-corrected chi connectivity index (χ3v) is 6.42. The summed E-state index contributed by atoms with van der Waals surface area (Å²) >= 11 is 1.81. The van der Waals surface area contributed by atoms with Gasteiger partial charge in [-0.25, -0.2) is 4.98 Å². The predicted molar refractivity (Wildman–Crippen MR) is 112 cm³/mol. The normalized spacial score (nSPS) is 15.4. The predicted octanol–water partition coefficient (Wildman–Crippen LogP) is 4.38. The molecule has 5 nitrogen and oxygen atoms in total. The van der Waals surface area contributed by atoms with Crippen molar-refractivity contribution in [2.45, 2.75) is 25.2 Å². The maximum absolute atomic E-state index is 12.3. The molecule has 1 aliphatic heterocycles. The first kappa shape index (κ1) is 18.6. The highest BCUT2D eigenvalue weighted by Crippen LogP contribution is 2.33. The number of piperidine rings is 1. The van der Waals surface area contributed by atoms with Gasteiger partial charge in [0.1, 0.15) is 6.07 Å². The number of fused-ring (bicyclic) bond motifs is 1. The van der Waals surface area contributed by atoms with E-state index in [1.54, 1.807) is 18.2 Å². The van der Waals surface area contributed by atoms with Gasteiger partial charge in [-0.3, -0.25) is 4.79 Å². The SMILES string of the molecule is N#Cc1ccccc1NC(=O)CCN1CCC(c2nc3ccccc3s2)CC1. The molecule has 1 aromatic heterocycles. The number of carbonyl (C=O) groups is 1. The molecular formula is C22H22N4OS. The first-order valence-corrected chi connectivity index (χ1v) is 10.4. The third kappa shape index (κ3) is 4.22. The molecule has 4 rings (SSSR count). The van der Waals surface area contributed by atoms with Gasteiger partial charge in [0.2, 0.25) is 5.91 Å². The number of aromatic nitrogens is 1. The van der Waals surface area contributed by atoms with E-state index >= 15 is 0 Å². The molecule has 2 aromatic carbocycles. The molecule has 3 aromatic rings.